The highest BCUT2D eigenvalue weighted by Crippen LogP contribution is 2.29. The zero-order chi connectivity index (χ0) is 8.10. The van der Waals surface area contributed by atoms with Gasteiger partial charge in [-0.15, -0.1) is 0 Å². The number of hydrogen-bond acceptors (Lipinski definition) is 3. The maximum atomic E-state index is 5.50. The highest BCUT2D eigenvalue weighted by atomic mass is 33.1. The van der Waals surface area contributed by atoms with Crippen molar-refractivity contribution in [1.82, 2.24) is 0 Å². The molecule has 1 aliphatic rings. The maximum absolute atomic E-state index is 5.50. The molecular weight excluding hydrogens is 176 g/mol. The molecule has 1 saturated heterocycles. The van der Waals surface area contributed by atoms with Gasteiger partial charge in [0, 0.05) is 17.6 Å². The molecule has 0 bridgehead atoms. The fourth-order valence-electron chi connectivity index (χ4n) is 1.03. The molecule has 3 heteroatoms. The standard InChI is InChI=1S/C8H16OS2/c1-7(2)11-10-6-8-4-3-5-9-8/h7-8H,3-6H2,1-2H3. The molecule has 0 aromatic heterocycles. The lowest BCUT2D eigenvalue weighted by Crippen LogP contribution is -2.07. The molecule has 0 radical (unpaired) electrons. The molecule has 1 nitrogen and oxygen atoms in total. The van der Waals surface area contributed by atoms with Crippen LogP contribution in [0, 0.1) is 0 Å². The van der Waals surface area contributed by atoms with Crippen molar-refractivity contribution in [3.05, 3.63) is 0 Å². The van der Waals surface area contributed by atoms with E-state index in [4.69, 9.17) is 4.74 Å². The molecule has 0 spiro atoms. The molecular formula is C8H16OS2. The molecule has 11 heavy (non-hydrogen) atoms. The van der Waals surface area contributed by atoms with Crippen LogP contribution in [0.1, 0.15) is 26.7 Å². The van der Waals surface area contributed by atoms with Crippen LogP contribution in [0.15, 0.2) is 0 Å². The lowest BCUT2D eigenvalue weighted by atomic mass is 10.3. The van der Waals surface area contributed by atoms with Gasteiger partial charge in [-0.3, -0.25) is 0 Å². The van der Waals surface area contributed by atoms with Crippen LogP contribution in [-0.4, -0.2) is 23.7 Å². The fraction of sp³-hybridized carbons (Fsp3) is 1.00. The molecule has 66 valence electrons. The summed E-state index contributed by atoms with van der Waals surface area (Å²) in [5.41, 5.74) is 0. The first-order chi connectivity index (χ1) is 5.29. The largest absolute Gasteiger partial charge is 0.377 e. The number of rotatable bonds is 4. The Kier molecular flexibility index (Phi) is 4.72. The van der Waals surface area contributed by atoms with Crippen molar-refractivity contribution in [3.63, 3.8) is 0 Å². The van der Waals surface area contributed by atoms with Crippen LogP contribution in [0.25, 0.3) is 0 Å². The van der Waals surface area contributed by atoms with E-state index in [1.165, 1.54) is 18.6 Å². The Morgan fingerprint density at radius 2 is 2.36 bits per heavy atom. The van der Waals surface area contributed by atoms with Gasteiger partial charge in [-0.05, 0) is 12.8 Å². The van der Waals surface area contributed by atoms with Gasteiger partial charge in [-0.1, -0.05) is 35.4 Å². The third-order valence-electron chi connectivity index (χ3n) is 1.54. The Morgan fingerprint density at radius 3 is 2.91 bits per heavy atom. The molecule has 0 aromatic carbocycles. The molecule has 1 aliphatic heterocycles. The number of ether oxygens (including phenoxy) is 1. The van der Waals surface area contributed by atoms with Crippen LogP contribution in [0.5, 0.6) is 0 Å². The molecule has 0 N–H and O–H groups in total. The molecule has 1 unspecified atom stereocenters. The minimum atomic E-state index is 0.547. The van der Waals surface area contributed by atoms with Crippen LogP contribution >= 0.6 is 21.6 Å². The molecule has 0 aromatic rings. The van der Waals surface area contributed by atoms with Crippen LogP contribution in [-0.2, 0) is 4.74 Å². The van der Waals surface area contributed by atoms with Crippen LogP contribution in [0.2, 0.25) is 0 Å². The van der Waals surface area contributed by atoms with Crippen molar-refractivity contribution in [3.8, 4) is 0 Å². The molecule has 0 amide bonds. The van der Waals surface area contributed by atoms with Crippen molar-refractivity contribution < 1.29 is 4.74 Å². The average molecular weight is 192 g/mol. The Labute approximate surface area is 77.0 Å². The summed E-state index contributed by atoms with van der Waals surface area (Å²) in [6.07, 6.45) is 3.08. The normalized spacial score (nSPS) is 24.8. The van der Waals surface area contributed by atoms with Gasteiger partial charge in [0.05, 0.1) is 6.10 Å². The summed E-state index contributed by atoms with van der Waals surface area (Å²) >= 11 is 0. The van der Waals surface area contributed by atoms with Gasteiger partial charge in [0.25, 0.3) is 0 Å². The van der Waals surface area contributed by atoms with Crippen molar-refractivity contribution in [2.45, 2.75) is 38.0 Å². The lowest BCUT2D eigenvalue weighted by Gasteiger charge is -2.08. The van der Waals surface area contributed by atoms with E-state index in [1.807, 2.05) is 21.6 Å². The summed E-state index contributed by atoms with van der Waals surface area (Å²) in [6, 6.07) is 0. The molecule has 1 rings (SSSR count). The van der Waals surface area contributed by atoms with Crippen LogP contribution < -0.4 is 0 Å². The number of hydrogen-bond donors (Lipinski definition) is 0. The molecule has 0 aliphatic carbocycles. The first-order valence-electron chi connectivity index (χ1n) is 4.19. The SMILES string of the molecule is CC(C)SSCC1CCCO1. The van der Waals surface area contributed by atoms with E-state index in [9.17, 15) is 0 Å². The van der Waals surface area contributed by atoms with Gasteiger partial charge in [-0.2, -0.15) is 0 Å². The predicted molar refractivity (Wildman–Crippen MR) is 54.2 cm³/mol. The van der Waals surface area contributed by atoms with Crippen molar-refractivity contribution in [1.29, 1.82) is 0 Å². The van der Waals surface area contributed by atoms with Gasteiger partial charge < -0.3 is 4.74 Å². The van der Waals surface area contributed by atoms with E-state index in [0.29, 0.717) is 6.10 Å². The van der Waals surface area contributed by atoms with Gasteiger partial charge in [0.15, 0.2) is 0 Å². The molecule has 0 saturated carbocycles. The lowest BCUT2D eigenvalue weighted by molar-refractivity contribution is 0.129. The van der Waals surface area contributed by atoms with Crippen molar-refractivity contribution in [2.75, 3.05) is 12.4 Å². The van der Waals surface area contributed by atoms with Crippen molar-refractivity contribution >= 4 is 21.6 Å². The third-order valence-corrected chi connectivity index (χ3v) is 4.54. The van der Waals surface area contributed by atoms with E-state index in [-0.39, 0.29) is 0 Å². The van der Waals surface area contributed by atoms with Gasteiger partial charge >= 0.3 is 0 Å². The van der Waals surface area contributed by atoms with Gasteiger partial charge in [0.2, 0.25) is 0 Å². The topological polar surface area (TPSA) is 9.23 Å². The van der Waals surface area contributed by atoms with E-state index < -0.39 is 0 Å². The Balaban J connectivity index is 1.94. The van der Waals surface area contributed by atoms with Gasteiger partial charge in [-0.25, -0.2) is 0 Å². The van der Waals surface area contributed by atoms with E-state index in [1.54, 1.807) is 0 Å². The van der Waals surface area contributed by atoms with Crippen LogP contribution in [0.3, 0.4) is 0 Å². The summed E-state index contributed by atoms with van der Waals surface area (Å²) in [5, 5.41) is 0.737. The third kappa shape index (κ3) is 4.28. The molecule has 1 heterocycles. The zero-order valence-corrected chi connectivity index (χ0v) is 8.84. The summed E-state index contributed by atoms with van der Waals surface area (Å²) in [6.45, 7) is 5.44. The minimum absolute atomic E-state index is 0.547. The first-order valence-corrected chi connectivity index (χ1v) is 6.57. The second kappa shape index (κ2) is 5.33. The summed E-state index contributed by atoms with van der Waals surface area (Å²) in [7, 11) is 3.91. The monoisotopic (exact) mass is 192 g/mol. The van der Waals surface area contributed by atoms with E-state index in [0.717, 1.165) is 11.9 Å². The molecule has 1 fully saturated rings. The maximum Gasteiger partial charge on any atom is 0.0674 e. The highest BCUT2D eigenvalue weighted by Gasteiger charge is 2.15. The summed E-state index contributed by atoms with van der Waals surface area (Å²) < 4.78 is 5.50. The smallest absolute Gasteiger partial charge is 0.0674 e. The van der Waals surface area contributed by atoms with Crippen molar-refractivity contribution in [2.24, 2.45) is 0 Å². The Hall–Kier alpha value is 0.660. The first kappa shape index (κ1) is 9.75. The van der Waals surface area contributed by atoms with E-state index in [2.05, 4.69) is 13.8 Å². The Bertz CT molecular complexity index is 100. The zero-order valence-electron chi connectivity index (χ0n) is 7.21. The summed E-state index contributed by atoms with van der Waals surface area (Å²) in [5.74, 6) is 1.17. The second-order valence-electron chi connectivity index (χ2n) is 3.06. The summed E-state index contributed by atoms with van der Waals surface area (Å²) in [4.78, 5) is 0. The fourth-order valence-corrected chi connectivity index (χ4v) is 3.30. The predicted octanol–water partition coefficient (Wildman–Crippen LogP) is 2.96. The minimum Gasteiger partial charge on any atom is -0.377 e. The average Bonchev–Trinajstić information content (AvgIpc) is 2.39. The van der Waals surface area contributed by atoms with E-state index >= 15 is 0 Å². The quantitative estimate of drug-likeness (QED) is 0.634. The second-order valence-corrected chi connectivity index (χ2v) is 6.05. The van der Waals surface area contributed by atoms with Gasteiger partial charge in [0.1, 0.15) is 0 Å². The highest BCUT2D eigenvalue weighted by molar-refractivity contribution is 8.76. The van der Waals surface area contributed by atoms with Crippen LogP contribution in [0.4, 0.5) is 0 Å². The molecule has 1 atom stereocenters. The Morgan fingerprint density at radius 1 is 1.55 bits per heavy atom.